The van der Waals surface area contributed by atoms with E-state index >= 15 is 0 Å². The Morgan fingerprint density at radius 3 is 2.31 bits per heavy atom. The molecule has 0 rings (SSSR count). The predicted molar refractivity (Wildman–Crippen MR) is 58.2 cm³/mol. The Bertz CT molecular complexity index is 294. The lowest BCUT2D eigenvalue weighted by molar-refractivity contribution is -0.145. The largest absolute Gasteiger partial charge is 0.467 e. The van der Waals surface area contributed by atoms with Gasteiger partial charge >= 0.3 is 5.97 Å². The molecule has 5 heteroatoms. The first kappa shape index (κ1) is 14.4. The van der Waals surface area contributed by atoms with Crippen LogP contribution < -0.4 is 5.32 Å². The van der Waals surface area contributed by atoms with Crippen LogP contribution in [0.25, 0.3) is 0 Å². The maximum absolute atomic E-state index is 11.4. The van der Waals surface area contributed by atoms with E-state index in [1.165, 1.54) is 7.11 Å². The van der Waals surface area contributed by atoms with Crippen LogP contribution in [0.4, 0.5) is 0 Å². The normalized spacial score (nSPS) is 13.8. The maximum atomic E-state index is 11.4. The average molecular weight is 226 g/mol. The fraction of sp³-hybridized carbons (Fsp3) is 0.727. The molecule has 0 heterocycles. The summed E-state index contributed by atoms with van der Waals surface area (Å²) in [5, 5.41) is 11.2. The van der Waals surface area contributed by atoms with E-state index in [0.29, 0.717) is 0 Å². The molecule has 1 amide bonds. The fourth-order valence-electron chi connectivity index (χ4n) is 1.10. The van der Waals surface area contributed by atoms with Crippen molar-refractivity contribution in [3.63, 3.8) is 0 Å². The van der Waals surface area contributed by atoms with Gasteiger partial charge in [0, 0.05) is 11.8 Å². The van der Waals surface area contributed by atoms with Gasteiger partial charge in [-0.1, -0.05) is 13.8 Å². The van der Waals surface area contributed by atoms with Crippen molar-refractivity contribution in [3.8, 4) is 6.07 Å². The molecular formula is C11H18N2O3. The van der Waals surface area contributed by atoms with Crippen molar-refractivity contribution in [1.82, 2.24) is 5.32 Å². The summed E-state index contributed by atoms with van der Waals surface area (Å²) in [5.41, 5.74) is 0. The SMILES string of the molecule is COC(=O)[C@@H](C[C@@H](C)C#N)NC(=O)C(C)C. The minimum atomic E-state index is -0.741. The monoisotopic (exact) mass is 226 g/mol. The number of carbonyl (C=O) groups is 2. The number of methoxy groups -OCH3 is 1. The van der Waals surface area contributed by atoms with Crippen LogP contribution in [0.5, 0.6) is 0 Å². The number of hydrogen-bond donors (Lipinski definition) is 1. The molecule has 0 aliphatic rings. The van der Waals surface area contributed by atoms with E-state index in [0.717, 1.165) is 0 Å². The zero-order valence-corrected chi connectivity index (χ0v) is 10.1. The van der Waals surface area contributed by atoms with Gasteiger partial charge in [-0.25, -0.2) is 4.79 Å². The van der Waals surface area contributed by atoms with E-state index in [2.05, 4.69) is 10.1 Å². The number of esters is 1. The van der Waals surface area contributed by atoms with Crippen molar-refractivity contribution in [2.75, 3.05) is 7.11 Å². The number of nitriles is 1. The first-order valence-electron chi connectivity index (χ1n) is 5.20. The lowest BCUT2D eigenvalue weighted by Gasteiger charge is -2.18. The smallest absolute Gasteiger partial charge is 0.328 e. The molecule has 0 aliphatic heterocycles. The number of rotatable bonds is 5. The third kappa shape index (κ3) is 4.78. The van der Waals surface area contributed by atoms with Gasteiger partial charge in [0.1, 0.15) is 6.04 Å². The standard InChI is InChI=1S/C11H18N2O3/c1-7(2)10(14)13-9(11(15)16-4)5-8(3)6-12/h7-9H,5H2,1-4H3,(H,13,14)/t8-,9-/m1/s1. The van der Waals surface area contributed by atoms with Crippen molar-refractivity contribution in [2.24, 2.45) is 11.8 Å². The molecule has 0 saturated heterocycles. The lowest BCUT2D eigenvalue weighted by atomic mass is 10.0. The highest BCUT2D eigenvalue weighted by molar-refractivity contribution is 5.85. The number of nitrogens with zero attached hydrogens (tertiary/aromatic N) is 1. The lowest BCUT2D eigenvalue weighted by Crippen LogP contribution is -2.44. The van der Waals surface area contributed by atoms with Crippen LogP contribution in [0.3, 0.4) is 0 Å². The number of nitrogens with one attached hydrogen (secondary N) is 1. The Morgan fingerprint density at radius 1 is 1.38 bits per heavy atom. The second-order valence-corrected chi connectivity index (χ2v) is 4.00. The third-order valence-electron chi connectivity index (χ3n) is 2.14. The van der Waals surface area contributed by atoms with E-state index < -0.39 is 12.0 Å². The van der Waals surface area contributed by atoms with E-state index in [9.17, 15) is 9.59 Å². The van der Waals surface area contributed by atoms with Crippen molar-refractivity contribution in [3.05, 3.63) is 0 Å². The molecule has 0 unspecified atom stereocenters. The van der Waals surface area contributed by atoms with Crippen molar-refractivity contribution < 1.29 is 14.3 Å². The number of amides is 1. The number of ether oxygens (including phenoxy) is 1. The molecule has 5 nitrogen and oxygen atoms in total. The summed E-state index contributed by atoms with van der Waals surface area (Å²) in [6, 6.07) is 1.28. The Labute approximate surface area is 95.8 Å². The molecule has 1 N–H and O–H groups in total. The molecule has 0 radical (unpaired) electrons. The Kier molecular flexibility index (Phi) is 6.16. The van der Waals surface area contributed by atoms with Crippen molar-refractivity contribution in [2.45, 2.75) is 33.2 Å². The molecule has 0 aromatic heterocycles. The van der Waals surface area contributed by atoms with Crippen molar-refractivity contribution >= 4 is 11.9 Å². The Hall–Kier alpha value is -1.57. The van der Waals surface area contributed by atoms with Crippen molar-refractivity contribution in [1.29, 1.82) is 5.26 Å². The molecule has 0 aliphatic carbocycles. The van der Waals surface area contributed by atoms with Gasteiger partial charge in [-0.05, 0) is 13.3 Å². The molecular weight excluding hydrogens is 208 g/mol. The molecule has 0 aromatic rings. The second kappa shape index (κ2) is 6.83. The molecule has 2 atom stereocenters. The summed E-state index contributed by atoms with van der Waals surface area (Å²) >= 11 is 0. The van der Waals surface area contributed by atoms with Crippen LogP contribution in [-0.4, -0.2) is 25.0 Å². The highest BCUT2D eigenvalue weighted by atomic mass is 16.5. The first-order chi connectivity index (χ1) is 7.42. The van der Waals surface area contributed by atoms with Crippen LogP contribution in [0.1, 0.15) is 27.2 Å². The summed E-state index contributed by atoms with van der Waals surface area (Å²) in [4.78, 5) is 22.8. The second-order valence-electron chi connectivity index (χ2n) is 4.00. The first-order valence-corrected chi connectivity index (χ1v) is 5.20. The average Bonchev–Trinajstić information content (AvgIpc) is 2.26. The summed E-state index contributed by atoms with van der Waals surface area (Å²) in [5.74, 6) is -1.25. The zero-order chi connectivity index (χ0) is 12.7. The van der Waals surface area contributed by atoms with Crippen LogP contribution in [0.15, 0.2) is 0 Å². The molecule has 0 spiro atoms. The van der Waals surface area contributed by atoms with Gasteiger partial charge in [0.15, 0.2) is 0 Å². The van der Waals surface area contributed by atoms with Gasteiger partial charge in [-0.2, -0.15) is 5.26 Å². The molecule has 0 bridgehead atoms. The number of carbonyl (C=O) groups excluding carboxylic acids is 2. The Balaban J connectivity index is 4.51. The minimum Gasteiger partial charge on any atom is -0.467 e. The number of hydrogen-bond acceptors (Lipinski definition) is 4. The van der Waals surface area contributed by atoms with Crippen LogP contribution in [-0.2, 0) is 14.3 Å². The third-order valence-corrected chi connectivity index (χ3v) is 2.14. The fourth-order valence-corrected chi connectivity index (χ4v) is 1.10. The summed E-state index contributed by atoms with van der Waals surface area (Å²) in [6.07, 6.45) is 0.266. The summed E-state index contributed by atoms with van der Waals surface area (Å²) in [6.45, 7) is 5.16. The summed E-state index contributed by atoms with van der Waals surface area (Å²) in [7, 11) is 1.26. The zero-order valence-electron chi connectivity index (χ0n) is 10.1. The molecule has 0 aromatic carbocycles. The van der Waals surface area contributed by atoms with Gasteiger partial charge in [0.25, 0.3) is 0 Å². The molecule has 16 heavy (non-hydrogen) atoms. The Morgan fingerprint density at radius 2 is 1.94 bits per heavy atom. The highest BCUT2D eigenvalue weighted by Gasteiger charge is 2.24. The van der Waals surface area contributed by atoms with E-state index in [-0.39, 0.29) is 24.2 Å². The molecule has 90 valence electrons. The van der Waals surface area contributed by atoms with Crippen LogP contribution >= 0.6 is 0 Å². The van der Waals surface area contributed by atoms with E-state index in [1.807, 2.05) is 6.07 Å². The predicted octanol–water partition coefficient (Wildman–Crippen LogP) is 0.850. The van der Waals surface area contributed by atoms with Gasteiger partial charge in [0.05, 0.1) is 13.2 Å². The summed E-state index contributed by atoms with van der Waals surface area (Å²) < 4.78 is 4.58. The van der Waals surface area contributed by atoms with E-state index in [4.69, 9.17) is 5.26 Å². The quantitative estimate of drug-likeness (QED) is 0.705. The molecule has 0 fully saturated rings. The van der Waals surface area contributed by atoms with Gasteiger partial charge in [0.2, 0.25) is 5.91 Å². The minimum absolute atomic E-state index is 0.204. The molecule has 0 saturated carbocycles. The van der Waals surface area contributed by atoms with Gasteiger partial charge in [-0.3, -0.25) is 4.79 Å². The van der Waals surface area contributed by atoms with Gasteiger partial charge < -0.3 is 10.1 Å². The van der Waals surface area contributed by atoms with Crippen LogP contribution in [0.2, 0.25) is 0 Å². The van der Waals surface area contributed by atoms with Crippen LogP contribution in [0, 0.1) is 23.2 Å². The topological polar surface area (TPSA) is 79.2 Å². The highest BCUT2D eigenvalue weighted by Crippen LogP contribution is 2.07. The van der Waals surface area contributed by atoms with E-state index in [1.54, 1.807) is 20.8 Å². The maximum Gasteiger partial charge on any atom is 0.328 e. The van der Waals surface area contributed by atoms with Gasteiger partial charge in [-0.15, -0.1) is 0 Å².